The molecule has 0 unspecified atom stereocenters. The zero-order chi connectivity index (χ0) is 11.5. The van der Waals surface area contributed by atoms with Crippen molar-refractivity contribution in [2.24, 2.45) is 0 Å². The summed E-state index contributed by atoms with van der Waals surface area (Å²) >= 11 is 4.17. The SMILES string of the molecule is O=c1c(I)c(I)cnn1Cc1ccccc1. The molecule has 2 rings (SSSR count). The second-order valence-corrected chi connectivity index (χ2v) is 5.50. The molecule has 0 atom stereocenters. The molecule has 0 fully saturated rings. The minimum atomic E-state index is -0.0312. The van der Waals surface area contributed by atoms with Crippen molar-refractivity contribution < 1.29 is 0 Å². The van der Waals surface area contributed by atoms with Crippen molar-refractivity contribution >= 4 is 45.2 Å². The molecule has 0 bridgehead atoms. The third-order valence-electron chi connectivity index (χ3n) is 2.12. The van der Waals surface area contributed by atoms with Crippen molar-refractivity contribution in [3.63, 3.8) is 0 Å². The van der Waals surface area contributed by atoms with Gasteiger partial charge in [0.25, 0.3) is 5.56 Å². The normalized spacial score (nSPS) is 10.4. The Morgan fingerprint density at radius 2 is 1.88 bits per heavy atom. The lowest BCUT2D eigenvalue weighted by Gasteiger charge is -2.05. The van der Waals surface area contributed by atoms with Crippen LogP contribution >= 0.6 is 45.2 Å². The van der Waals surface area contributed by atoms with E-state index >= 15 is 0 Å². The maximum atomic E-state index is 11.9. The van der Waals surface area contributed by atoms with E-state index in [0.29, 0.717) is 6.54 Å². The number of nitrogens with zero attached hydrogens (tertiary/aromatic N) is 2. The van der Waals surface area contributed by atoms with E-state index in [1.165, 1.54) is 4.68 Å². The van der Waals surface area contributed by atoms with E-state index < -0.39 is 0 Å². The first-order valence-electron chi connectivity index (χ1n) is 4.63. The summed E-state index contributed by atoms with van der Waals surface area (Å²) < 4.78 is 3.11. The average molecular weight is 438 g/mol. The van der Waals surface area contributed by atoms with Gasteiger partial charge in [-0.1, -0.05) is 30.3 Å². The van der Waals surface area contributed by atoms with Crippen molar-refractivity contribution in [1.29, 1.82) is 0 Å². The number of benzene rings is 1. The first-order chi connectivity index (χ1) is 7.68. The van der Waals surface area contributed by atoms with Gasteiger partial charge in [-0.15, -0.1) is 0 Å². The van der Waals surface area contributed by atoms with Crippen LogP contribution < -0.4 is 5.56 Å². The van der Waals surface area contributed by atoms with Crippen LogP contribution in [-0.2, 0) is 6.54 Å². The quantitative estimate of drug-likeness (QED) is 0.676. The standard InChI is InChI=1S/C11H8I2N2O/c12-9-6-14-15(11(16)10(9)13)7-8-4-2-1-3-5-8/h1-6H,7H2. The van der Waals surface area contributed by atoms with Crippen LogP contribution in [-0.4, -0.2) is 9.78 Å². The second-order valence-electron chi connectivity index (χ2n) is 3.25. The van der Waals surface area contributed by atoms with Crippen molar-refractivity contribution in [1.82, 2.24) is 9.78 Å². The summed E-state index contributed by atoms with van der Waals surface area (Å²) in [5, 5.41) is 4.13. The minimum absolute atomic E-state index is 0.0312. The van der Waals surface area contributed by atoms with Crippen LogP contribution in [0.15, 0.2) is 41.3 Å². The molecule has 1 heterocycles. The molecule has 82 valence electrons. The Bertz CT molecular complexity index is 552. The van der Waals surface area contributed by atoms with E-state index in [-0.39, 0.29) is 5.56 Å². The summed E-state index contributed by atoms with van der Waals surface area (Å²) in [6.07, 6.45) is 1.71. The zero-order valence-corrected chi connectivity index (χ0v) is 12.5. The van der Waals surface area contributed by atoms with E-state index in [9.17, 15) is 4.79 Å². The first-order valence-corrected chi connectivity index (χ1v) is 6.79. The molecule has 1 aromatic carbocycles. The second kappa shape index (κ2) is 5.26. The highest BCUT2D eigenvalue weighted by Gasteiger charge is 2.06. The van der Waals surface area contributed by atoms with Gasteiger partial charge in [-0.25, -0.2) is 4.68 Å². The topological polar surface area (TPSA) is 34.9 Å². The fraction of sp³-hybridized carbons (Fsp3) is 0.0909. The molecule has 0 aliphatic rings. The molecule has 5 heteroatoms. The molecule has 0 amide bonds. The van der Waals surface area contributed by atoms with Crippen LogP contribution in [0.5, 0.6) is 0 Å². The van der Waals surface area contributed by atoms with Gasteiger partial charge >= 0.3 is 0 Å². The lowest BCUT2D eigenvalue weighted by molar-refractivity contribution is 0.632. The number of hydrogen-bond donors (Lipinski definition) is 0. The highest BCUT2D eigenvalue weighted by atomic mass is 127. The lowest BCUT2D eigenvalue weighted by Crippen LogP contribution is -2.26. The molecule has 0 saturated carbocycles. The predicted octanol–water partition coefficient (Wildman–Crippen LogP) is 2.50. The van der Waals surface area contributed by atoms with Crippen LogP contribution in [0.1, 0.15) is 5.56 Å². The molecule has 3 nitrogen and oxygen atoms in total. The fourth-order valence-corrected chi connectivity index (χ4v) is 2.09. The Labute approximate surface area is 120 Å². The average Bonchev–Trinajstić information content (AvgIpc) is 2.31. The van der Waals surface area contributed by atoms with E-state index in [2.05, 4.69) is 50.3 Å². The minimum Gasteiger partial charge on any atom is -0.267 e. The summed E-state index contributed by atoms with van der Waals surface area (Å²) in [6, 6.07) is 9.84. The van der Waals surface area contributed by atoms with Gasteiger partial charge in [0.1, 0.15) is 0 Å². The molecule has 0 N–H and O–H groups in total. The van der Waals surface area contributed by atoms with Crippen LogP contribution in [0.25, 0.3) is 0 Å². The summed E-state index contributed by atoms with van der Waals surface area (Å²) in [5.74, 6) is 0. The Hall–Kier alpha value is -0.440. The van der Waals surface area contributed by atoms with E-state index in [1.54, 1.807) is 6.20 Å². The van der Waals surface area contributed by atoms with Gasteiger partial charge in [-0.05, 0) is 50.7 Å². The largest absolute Gasteiger partial charge is 0.281 e. The number of rotatable bonds is 2. The predicted molar refractivity (Wildman–Crippen MR) is 79.5 cm³/mol. The smallest absolute Gasteiger partial charge is 0.267 e. The molecule has 0 saturated heterocycles. The molecule has 0 spiro atoms. The van der Waals surface area contributed by atoms with Crippen LogP contribution in [0.2, 0.25) is 0 Å². The van der Waals surface area contributed by atoms with Crippen LogP contribution in [0, 0.1) is 7.14 Å². The maximum absolute atomic E-state index is 11.9. The third-order valence-corrected chi connectivity index (χ3v) is 5.01. The van der Waals surface area contributed by atoms with Crippen molar-refractivity contribution in [3.05, 3.63) is 59.6 Å². The first kappa shape index (κ1) is 12.0. The van der Waals surface area contributed by atoms with Gasteiger partial charge in [0.05, 0.1) is 19.9 Å². The Morgan fingerprint density at radius 1 is 1.19 bits per heavy atom. The third kappa shape index (κ3) is 2.62. The Balaban J connectivity index is 2.37. The fourth-order valence-electron chi connectivity index (χ4n) is 1.31. The van der Waals surface area contributed by atoms with Crippen molar-refractivity contribution in [2.45, 2.75) is 6.54 Å². The molecule has 0 aliphatic heterocycles. The van der Waals surface area contributed by atoms with Crippen molar-refractivity contribution in [3.8, 4) is 0 Å². The Morgan fingerprint density at radius 3 is 2.56 bits per heavy atom. The molecule has 16 heavy (non-hydrogen) atoms. The highest BCUT2D eigenvalue weighted by molar-refractivity contribution is 14.1. The summed E-state index contributed by atoms with van der Waals surface area (Å²) in [5.41, 5.74) is 1.05. The number of halogens is 2. The molecular formula is C11H8I2N2O. The lowest BCUT2D eigenvalue weighted by atomic mass is 10.2. The van der Waals surface area contributed by atoms with Gasteiger partial charge < -0.3 is 0 Å². The zero-order valence-electron chi connectivity index (χ0n) is 8.23. The molecule has 2 aromatic rings. The van der Waals surface area contributed by atoms with E-state index in [0.717, 1.165) is 12.7 Å². The number of aromatic nitrogens is 2. The van der Waals surface area contributed by atoms with Gasteiger partial charge in [0.15, 0.2) is 0 Å². The molecule has 1 aromatic heterocycles. The number of hydrogen-bond acceptors (Lipinski definition) is 2. The highest BCUT2D eigenvalue weighted by Crippen LogP contribution is 2.08. The van der Waals surface area contributed by atoms with Crippen molar-refractivity contribution in [2.75, 3.05) is 0 Å². The van der Waals surface area contributed by atoms with Gasteiger partial charge in [-0.2, -0.15) is 5.10 Å². The van der Waals surface area contributed by atoms with E-state index in [4.69, 9.17) is 0 Å². The van der Waals surface area contributed by atoms with E-state index in [1.807, 2.05) is 30.3 Å². The maximum Gasteiger partial charge on any atom is 0.281 e. The van der Waals surface area contributed by atoms with Crippen LogP contribution in [0.3, 0.4) is 0 Å². The van der Waals surface area contributed by atoms with Gasteiger partial charge in [0.2, 0.25) is 0 Å². The molecular weight excluding hydrogens is 430 g/mol. The van der Waals surface area contributed by atoms with Gasteiger partial charge in [-0.3, -0.25) is 4.79 Å². The summed E-state index contributed by atoms with van der Waals surface area (Å²) in [4.78, 5) is 11.9. The van der Waals surface area contributed by atoms with Gasteiger partial charge in [0, 0.05) is 0 Å². The molecule has 0 aliphatic carbocycles. The summed E-state index contributed by atoms with van der Waals surface area (Å²) in [7, 11) is 0. The summed E-state index contributed by atoms with van der Waals surface area (Å²) in [6.45, 7) is 0.520. The monoisotopic (exact) mass is 438 g/mol. The van der Waals surface area contributed by atoms with Crippen LogP contribution in [0.4, 0.5) is 0 Å². The molecule has 0 radical (unpaired) electrons. The Kier molecular flexibility index (Phi) is 3.95.